The Morgan fingerprint density at radius 3 is 2.68 bits per heavy atom. The molecular formula is C17H20ClFN2O2S2. The van der Waals surface area contributed by atoms with Crippen LogP contribution in [0.25, 0.3) is 0 Å². The van der Waals surface area contributed by atoms with E-state index in [0.717, 1.165) is 38.1 Å². The fourth-order valence-electron chi connectivity index (χ4n) is 3.03. The van der Waals surface area contributed by atoms with Crippen LogP contribution >= 0.6 is 22.9 Å². The van der Waals surface area contributed by atoms with Gasteiger partial charge >= 0.3 is 0 Å². The summed E-state index contributed by atoms with van der Waals surface area (Å²) >= 11 is 7.46. The first-order chi connectivity index (χ1) is 12.0. The molecule has 0 atom stereocenters. The maximum atomic E-state index is 13.2. The minimum atomic E-state index is -3.67. The lowest BCUT2D eigenvalue weighted by Gasteiger charge is -2.31. The van der Waals surface area contributed by atoms with Crippen LogP contribution < -0.4 is 4.72 Å². The van der Waals surface area contributed by atoms with E-state index in [0.29, 0.717) is 19.0 Å². The summed E-state index contributed by atoms with van der Waals surface area (Å²) in [5.41, 5.74) is 0. The molecule has 3 rings (SSSR count). The number of hydrogen-bond donors (Lipinski definition) is 1. The predicted molar refractivity (Wildman–Crippen MR) is 99.3 cm³/mol. The van der Waals surface area contributed by atoms with Gasteiger partial charge in [-0.3, -0.25) is 0 Å². The summed E-state index contributed by atoms with van der Waals surface area (Å²) < 4.78 is 40.2. The lowest BCUT2D eigenvalue weighted by molar-refractivity contribution is 0.217. The van der Waals surface area contributed by atoms with Crippen LogP contribution in [0.15, 0.2) is 40.6 Å². The second kappa shape index (κ2) is 8.14. The first kappa shape index (κ1) is 18.8. The predicted octanol–water partition coefficient (Wildman–Crippen LogP) is 3.70. The van der Waals surface area contributed by atoms with Crippen molar-refractivity contribution in [2.24, 2.45) is 0 Å². The third kappa shape index (κ3) is 4.80. The van der Waals surface area contributed by atoms with Crippen LogP contribution in [-0.4, -0.2) is 39.5 Å². The summed E-state index contributed by atoms with van der Waals surface area (Å²) in [4.78, 5) is 3.69. The first-order valence-corrected chi connectivity index (χ1v) is 10.9. The van der Waals surface area contributed by atoms with Gasteiger partial charge in [-0.25, -0.2) is 17.5 Å². The lowest BCUT2D eigenvalue weighted by Crippen LogP contribution is -2.39. The standard InChI is InChI=1S/C17H20ClFN2O2S2/c18-15-12-14(3-4-16(15)19)25(22,23)20-7-10-21-8-5-13(6-9-21)17-2-1-11-24-17/h1-4,11-13,20H,5-10H2. The van der Waals surface area contributed by atoms with Crippen LogP contribution in [0.4, 0.5) is 4.39 Å². The van der Waals surface area contributed by atoms with Crippen LogP contribution in [-0.2, 0) is 10.0 Å². The van der Waals surface area contributed by atoms with Gasteiger partial charge in [-0.2, -0.15) is 0 Å². The van der Waals surface area contributed by atoms with E-state index in [1.807, 2.05) is 0 Å². The van der Waals surface area contributed by atoms with Crippen LogP contribution in [0, 0.1) is 5.82 Å². The summed E-state index contributed by atoms with van der Waals surface area (Å²) in [6.45, 7) is 2.91. The fourth-order valence-corrected chi connectivity index (χ4v) is 5.22. The van der Waals surface area contributed by atoms with Crippen molar-refractivity contribution < 1.29 is 12.8 Å². The lowest BCUT2D eigenvalue weighted by atomic mass is 9.95. The molecule has 0 radical (unpaired) electrons. The molecule has 1 aromatic carbocycles. The Morgan fingerprint density at radius 1 is 1.28 bits per heavy atom. The zero-order chi connectivity index (χ0) is 17.9. The summed E-state index contributed by atoms with van der Waals surface area (Å²) in [5, 5.41) is 1.91. The Morgan fingerprint density at radius 2 is 2.04 bits per heavy atom. The second-order valence-electron chi connectivity index (χ2n) is 6.11. The van der Waals surface area contributed by atoms with Gasteiger partial charge in [-0.15, -0.1) is 11.3 Å². The van der Waals surface area contributed by atoms with Crippen LogP contribution in [0.3, 0.4) is 0 Å². The summed E-state index contributed by atoms with van der Waals surface area (Å²) in [6, 6.07) is 7.68. The largest absolute Gasteiger partial charge is 0.302 e. The molecule has 0 amide bonds. The quantitative estimate of drug-likeness (QED) is 0.801. The molecule has 0 aliphatic carbocycles. The molecule has 25 heavy (non-hydrogen) atoms. The summed E-state index contributed by atoms with van der Waals surface area (Å²) in [5.74, 6) is -0.0106. The van der Waals surface area contributed by atoms with Crippen molar-refractivity contribution in [2.75, 3.05) is 26.2 Å². The number of nitrogens with one attached hydrogen (secondary N) is 1. The zero-order valence-corrected chi connectivity index (χ0v) is 16.0. The smallest absolute Gasteiger partial charge is 0.240 e. The molecule has 0 bridgehead atoms. The van der Waals surface area contributed by atoms with Gasteiger partial charge in [0.05, 0.1) is 9.92 Å². The van der Waals surface area contributed by atoms with Crippen molar-refractivity contribution in [3.63, 3.8) is 0 Å². The Kier molecular flexibility index (Phi) is 6.12. The normalized spacial score (nSPS) is 17.0. The van der Waals surface area contributed by atoms with Crippen molar-refractivity contribution in [1.29, 1.82) is 0 Å². The monoisotopic (exact) mass is 402 g/mol. The van der Waals surface area contributed by atoms with Crippen molar-refractivity contribution in [3.8, 4) is 0 Å². The maximum absolute atomic E-state index is 13.2. The van der Waals surface area contributed by atoms with E-state index in [9.17, 15) is 12.8 Å². The molecule has 1 N–H and O–H groups in total. The van der Waals surface area contributed by atoms with Gasteiger partial charge in [0.1, 0.15) is 5.82 Å². The first-order valence-electron chi connectivity index (χ1n) is 8.16. The SMILES string of the molecule is O=S(=O)(NCCN1CCC(c2cccs2)CC1)c1ccc(F)c(Cl)c1. The minimum Gasteiger partial charge on any atom is -0.302 e. The number of benzene rings is 1. The molecule has 0 spiro atoms. The molecular weight excluding hydrogens is 383 g/mol. The molecule has 0 saturated carbocycles. The Hall–Kier alpha value is -0.990. The zero-order valence-electron chi connectivity index (χ0n) is 13.6. The Balaban J connectivity index is 1.47. The van der Waals surface area contributed by atoms with E-state index < -0.39 is 15.8 Å². The molecule has 2 aromatic rings. The number of likely N-dealkylation sites (tertiary alicyclic amines) is 1. The molecule has 1 aliphatic heterocycles. The highest BCUT2D eigenvalue weighted by Crippen LogP contribution is 2.30. The number of sulfonamides is 1. The topological polar surface area (TPSA) is 49.4 Å². The molecule has 1 aromatic heterocycles. The van der Waals surface area contributed by atoms with Gasteiger partial charge in [0, 0.05) is 18.0 Å². The summed E-state index contributed by atoms with van der Waals surface area (Å²) in [6.07, 6.45) is 2.20. The number of piperidine rings is 1. The Labute approximate surface area is 156 Å². The molecule has 1 aliphatic rings. The van der Waals surface area contributed by atoms with Crippen LogP contribution in [0.5, 0.6) is 0 Å². The van der Waals surface area contributed by atoms with Gasteiger partial charge in [-0.05, 0) is 61.5 Å². The molecule has 4 nitrogen and oxygen atoms in total. The van der Waals surface area contributed by atoms with Crippen molar-refractivity contribution in [2.45, 2.75) is 23.7 Å². The van der Waals surface area contributed by atoms with Crippen LogP contribution in [0.1, 0.15) is 23.6 Å². The minimum absolute atomic E-state index is 0.0182. The average Bonchev–Trinajstić information content (AvgIpc) is 3.12. The Bertz CT molecular complexity index is 804. The molecule has 136 valence electrons. The van der Waals surface area contributed by atoms with E-state index in [-0.39, 0.29) is 9.92 Å². The van der Waals surface area contributed by atoms with Crippen molar-refractivity contribution in [1.82, 2.24) is 9.62 Å². The van der Waals surface area contributed by atoms with Gasteiger partial charge in [-0.1, -0.05) is 17.7 Å². The average molecular weight is 403 g/mol. The third-order valence-electron chi connectivity index (χ3n) is 4.45. The fraction of sp³-hybridized carbons (Fsp3) is 0.412. The van der Waals surface area contributed by atoms with Crippen LogP contribution in [0.2, 0.25) is 5.02 Å². The van der Waals surface area contributed by atoms with Crippen molar-refractivity contribution >= 4 is 33.0 Å². The summed E-state index contributed by atoms with van der Waals surface area (Å²) in [7, 11) is -3.67. The van der Waals surface area contributed by atoms with E-state index in [1.54, 1.807) is 11.3 Å². The maximum Gasteiger partial charge on any atom is 0.240 e. The molecule has 1 fully saturated rings. The number of hydrogen-bond acceptors (Lipinski definition) is 4. The molecule has 0 unspecified atom stereocenters. The van der Waals surface area contributed by atoms with E-state index in [1.165, 1.54) is 10.9 Å². The number of nitrogens with zero attached hydrogens (tertiary/aromatic N) is 1. The third-order valence-corrected chi connectivity index (χ3v) is 7.24. The van der Waals surface area contributed by atoms with E-state index >= 15 is 0 Å². The van der Waals surface area contributed by atoms with Gasteiger partial charge in [0.25, 0.3) is 0 Å². The van der Waals surface area contributed by atoms with E-state index in [4.69, 9.17) is 11.6 Å². The molecule has 2 heterocycles. The molecule has 1 saturated heterocycles. The highest BCUT2D eigenvalue weighted by Gasteiger charge is 2.22. The highest BCUT2D eigenvalue weighted by molar-refractivity contribution is 7.89. The number of thiophene rings is 1. The number of rotatable bonds is 6. The second-order valence-corrected chi connectivity index (χ2v) is 9.26. The highest BCUT2D eigenvalue weighted by atomic mass is 35.5. The van der Waals surface area contributed by atoms with Crippen molar-refractivity contribution in [3.05, 3.63) is 51.4 Å². The van der Waals surface area contributed by atoms with E-state index in [2.05, 4.69) is 27.1 Å². The van der Waals surface area contributed by atoms with Gasteiger partial charge in [0.15, 0.2) is 0 Å². The number of halogens is 2. The van der Waals surface area contributed by atoms with Gasteiger partial charge < -0.3 is 4.90 Å². The van der Waals surface area contributed by atoms with Gasteiger partial charge in [0.2, 0.25) is 10.0 Å². The molecule has 8 heteroatoms.